The number of hydrogen-bond donors (Lipinski definition) is 2. The summed E-state index contributed by atoms with van der Waals surface area (Å²) in [7, 11) is 1.56. The third-order valence-corrected chi connectivity index (χ3v) is 4.72. The molecule has 0 unspecified atom stereocenters. The summed E-state index contributed by atoms with van der Waals surface area (Å²) in [5, 5.41) is 10.6. The maximum Gasteiger partial charge on any atom is 0.239 e. The Kier molecular flexibility index (Phi) is 7.93. The van der Waals surface area contributed by atoms with Gasteiger partial charge in [0.1, 0.15) is 5.75 Å². The first-order valence-corrected chi connectivity index (χ1v) is 9.78. The normalized spacial score (nSPS) is 10.5. The van der Waals surface area contributed by atoms with Gasteiger partial charge in [-0.1, -0.05) is 23.4 Å². The third-order valence-electron chi connectivity index (χ3n) is 3.65. The van der Waals surface area contributed by atoms with Crippen molar-refractivity contribution in [2.24, 2.45) is 0 Å². The average molecular weight is 412 g/mol. The van der Waals surface area contributed by atoms with Gasteiger partial charge in [0.05, 0.1) is 25.0 Å². The largest absolute Gasteiger partial charge is 0.496 e. The predicted molar refractivity (Wildman–Crippen MR) is 105 cm³/mol. The highest BCUT2D eigenvalue weighted by atomic mass is 35.5. The minimum Gasteiger partial charge on any atom is -0.496 e. The molecule has 2 N–H and O–H groups in total. The van der Waals surface area contributed by atoms with E-state index in [4.69, 9.17) is 16.3 Å². The summed E-state index contributed by atoms with van der Waals surface area (Å²) in [4.78, 5) is 29.9. The Hall–Kier alpha value is -2.26. The first kappa shape index (κ1) is 21.0. The van der Waals surface area contributed by atoms with Crippen LogP contribution in [0.2, 0.25) is 5.02 Å². The van der Waals surface area contributed by atoms with Crippen molar-refractivity contribution in [3.63, 3.8) is 0 Å². The van der Waals surface area contributed by atoms with E-state index in [0.717, 1.165) is 0 Å². The van der Waals surface area contributed by atoms with E-state index in [1.807, 2.05) is 13.8 Å². The zero-order valence-corrected chi connectivity index (χ0v) is 17.0. The van der Waals surface area contributed by atoms with Crippen molar-refractivity contribution >= 4 is 35.2 Å². The second kappa shape index (κ2) is 10.2. The number of aromatic nitrogens is 3. The number of hydrogen-bond acceptors (Lipinski definition) is 6. The smallest absolute Gasteiger partial charge is 0.239 e. The molecule has 0 atom stereocenters. The molecule has 0 saturated heterocycles. The molecule has 0 saturated carbocycles. The molecule has 1 aromatic carbocycles. The molecule has 2 amide bonds. The number of nitrogens with zero attached hydrogens (tertiary/aromatic N) is 3. The fourth-order valence-electron chi connectivity index (χ4n) is 2.32. The number of rotatable bonds is 9. The molecule has 0 radical (unpaired) electrons. The van der Waals surface area contributed by atoms with Crippen LogP contribution in [-0.2, 0) is 9.59 Å². The number of nitrogens with one attached hydrogen (secondary N) is 2. The second-order valence-corrected chi connectivity index (χ2v) is 6.84. The molecule has 0 aliphatic carbocycles. The van der Waals surface area contributed by atoms with Crippen LogP contribution in [0.1, 0.15) is 13.8 Å². The number of thioether (sulfide) groups is 1. The van der Waals surface area contributed by atoms with E-state index in [-0.39, 0.29) is 24.1 Å². The lowest BCUT2D eigenvalue weighted by Crippen LogP contribution is -2.41. The number of H-pyrrole nitrogens is 1. The number of carbonyl (C=O) groups is 2. The highest BCUT2D eigenvalue weighted by molar-refractivity contribution is 7.99. The zero-order valence-electron chi connectivity index (χ0n) is 15.4. The molecule has 0 bridgehead atoms. The number of ether oxygens (including phenoxy) is 1. The molecule has 0 aliphatic heterocycles. The molecule has 1 heterocycles. The highest BCUT2D eigenvalue weighted by Gasteiger charge is 2.17. The van der Waals surface area contributed by atoms with Crippen molar-refractivity contribution < 1.29 is 14.3 Å². The van der Waals surface area contributed by atoms with Gasteiger partial charge in [-0.3, -0.25) is 14.7 Å². The molecular weight excluding hydrogens is 390 g/mol. The molecule has 146 valence electrons. The molecule has 8 nitrogen and oxygen atoms in total. The number of methoxy groups -OCH3 is 1. The van der Waals surface area contributed by atoms with Crippen LogP contribution in [0.25, 0.3) is 11.4 Å². The summed E-state index contributed by atoms with van der Waals surface area (Å²) in [6.45, 7) is 4.70. The lowest BCUT2D eigenvalue weighted by Gasteiger charge is -2.19. The number of amides is 2. The average Bonchev–Trinajstić information content (AvgIpc) is 3.13. The Morgan fingerprint density at radius 1 is 1.37 bits per heavy atom. The third kappa shape index (κ3) is 5.86. The molecular formula is C17H22ClN5O3S. The lowest BCUT2D eigenvalue weighted by molar-refractivity contribution is -0.133. The second-order valence-electron chi connectivity index (χ2n) is 5.46. The van der Waals surface area contributed by atoms with Crippen LogP contribution in [0.15, 0.2) is 23.4 Å². The van der Waals surface area contributed by atoms with Crippen LogP contribution >= 0.6 is 23.4 Å². The van der Waals surface area contributed by atoms with Crippen LogP contribution < -0.4 is 10.1 Å². The maximum atomic E-state index is 12.3. The van der Waals surface area contributed by atoms with Crippen molar-refractivity contribution in [2.75, 3.05) is 32.5 Å². The zero-order chi connectivity index (χ0) is 19.8. The minimum atomic E-state index is -0.175. The van der Waals surface area contributed by atoms with E-state index in [2.05, 4.69) is 20.5 Å². The van der Waals surface area contributed by atoms with Crippen LogP contribution in [0.4, 0.5) is 0 Å². The molecule has 27 heavy (non-hydrogen) atoms. The summed E-state index contributed by atoms with van der Waals surface area (Å²) >= 11 is 7.24. The SMILES string of the molecule is CCNC(=O)CN(CC)C(=O)CSc1n[nH]c(-c2cc(Cl)ccc2OC)n1. The minimum absolute atomic E-state index is 0.0443. The fourth-order valence-corrected chi connectivity index (χ4v) is 3.19. The number of halogens is 1. The molecule has 1 aromatic heterocycles. The van der Waals surface area contributed by atoms with Crippen molar-refractivity contribution in [2.45, 2.75) is 19.0 Å². The van der Waals surface area contributed by atoms with Gasteiger partial charge >= 0.3 is 0 Å². The summed E-state index contributed by atoms with van der Waals surface area (Å²) in [6.07, 6.45) is 0. The van der Waals surface area contributed by atoms with Gasteiger partial charge in [-0.25, -0.2) is 4.98 Å². The maximum absolute atomic E-state index is 12.3. The highest BCUT2D eigenvalue weighted by Crippen LogP contribution is 2.31. The summed E-state index contributed by atoms with van der Waals surface area (Å²) < 4.78 is 5.31. The van der Waals surface area contributed by atoms with Crippen molar-refractivity contribution in [3.8, 4) is 17.1 Å². The first-order chi connectivity index (χ1) is 13.0. The van der Waals surface area contributed by atoms with E-state index in [1.165, 1.54) is 16.7 Å². The van der Waals surface area contributed by atoms with Crippen molar-refractivity contribution in [1.82, 2.24) is 25.4 Å². The van der Waals surface area contributed by atoms with E-state index in [0.29, 0.717) is 40.4 Å². The Morgan fingerprint density at radius 3 is 2.81 bits per heavy atom. The van der Waals surface area contributed by atoms with E-state index in [1.54, 1.807) is 25.3 Å². The monoisotopic (exact) mass is 411 g/mol. The van der Waals surface area contributed by atoms with Gasteiger partial charge in [0.15, 0.2) is 5.82 Å². The lowest BCUT2D eigenvalue weighted by atomic mass is 10.2. The fraction of sp³-hybridized carbons (Fsp3) is 0.412. The quantitative estimate of drug-likeness (QED) is 0.613. The topological polar surface area (TPSA) is 100 Å². The Labute approximate surface area is 167 Å². The number of benzene rings is 1. The summed E-state index contributed by atoms with van der Waals surface area (Å²) in [5.74, 6) is 0.921. The molecule has 0 fully saturated rings. The van der Waals surface area contributed by atoms with Gasteiger partial charge in [0.25, 0.3) is 0 Å². The van der Waals surface area contributed by atoms with Crippen molar-refractivity contribution in [3.05, 3.63) is 23.2 Å². The Bertz CT molecular complexity index is 799. The summed E-state index contributed by atoms with van der Waals surface area (Å²) in [6, 6.07) is 5.20. The number of carbonyl (C=O) groups excluding carboxylic acids is 2. The van der Waals surface area contributed by atoms with Gasteiger partial charge in [-0.2, -0.15) is 0 Å². The van der Waals surface area contributed by atoms with E-state index >= 15 is 0 Å². The van der Waals surface area contributed by atoms with Gasteiger partial charge < -0.3 is 15.0 Å². The first-order valence-electron chi connectivity index (χ1n) is 8.42. The number of likely N-dealkylation sites (N-methyl/N-ethyl adjacent to an activating group) is 2. The van der Waals surface area contributed by atoms with Crippen LogP contribution in [0, 0.1) is 0 Å². The van der Waals surface area contributed by atoms with Crippen molar-refractivity contribution in [1.29, 1.82) is 0 Å². The molecule has 0 aliphatic rings. The Morgan fingerprint density at radius 2 is 2.15 bits per heavy atom. The standard InChI is InChI=1S/C17H22ClN5O3S/c1-4-19-14(24)9-23(5-2)15(25)10-27-17-20-16(21-22-17)12-8-11(18)6-7-13(12)26-3/h6-8H,4-5,9-10H2,1-3H3,(H,19,24)(H,20,21,22). The molecule has 2 aromatic rings. The van der Waals surface area contributed by atoms with Gasteiger partial charge in [-0.05, 0) is 32.0 Å². The number of aromatic amines is 1. The van der Waals surface area contributed by atoms with E-state index in [9.17, 15) is 9.59 Å². The predicted octanol–water partition coefficient (Wildman–Crippen LogP) is 2.21. The van der Waals surface area contributed by atoms with Gasteiger partial charge in [0.2, 0.25) is 17.0 Å². The van der Waals surface area contributed by atoms with Crippen LogP contribution in [-0.4, -0.2) is 64.4 Å². The van der Waals surface area contributed by atoms with Gasteiger partial charge in [-0.15, -0.1) is 5.10 Å². The summed E-state index contributed by atoms with van der Waals surface area (Å²) in [5.41, 5.74) is 0.682. The Balaban J connectivity index is 2.00. The van der Waals surface area contributed by atoms with E-state index < -0.39 is 0 Å². The van der Waals surface area contributed by atoms with Crippen LogP contribution in [0.3, 0.4) is 0 Å². The molecule has 10 heteroatoms. The van der Waals surface area contributed by atoms with Gasteiger partial charge in [0, 0.05) is 18.1 Å². The molecule has 0 spiro atoms. The van der Waals surface area contributed by atoms with Crippen LogP contribution in [0.5, 0.6) is 5.75 Å². The molecule has 2 rings (SSSR count).